The molecule has 82 valence electrons. The van der Waals surface area contributed by atoms with Crippen LogP contribution in [0.3, 0.4) is 0 Å². The summed E-state index contributed by atoms with van der Waals surface area (Å²) >= 11 is 6.15. The quantitative estimate of drug-likeness (QED) is 0.835. The Labute approximate surface area is 95.6 Å². The van der Waals surface area contributed by atoms with Gasteiger partial charge >= 0.3 is 0 Å². The van der Waals surface area contributed by atoms with Crippen molar-refractivity contribution in [1.29, 1.82) is 0 Å². The number of halogens is 1. The number of rotatable bonds is 2. The van der Waals surface area contributed by atoms with Crippen molar-refractivity contribution in [3.05, 3.63) is 28.8 Å². The summed E-state index contributed by atoms with van der Waals surface area (Å²) in [5.41, 5.74) is 2.24. The lowest BCUT2D eigenvalue weighted by Crippen LogP contribution is -2.30. The third-order valence-electron chi connectivity index (χ3n) is 2.73. The van der Waals surface area contributed by atoms with Gasteiger partial charge in [-0.05, 0) is 31.4 Å². The van der Waals surface area contributed by atoms with Crippen LogP contribution in [0.15, 0.2) is 18.2 Å². The van der Waals surface area contributed by atoms with E-state index in [1.54, 1.807) is 0 Å². The highest BCUT2D eigenvalue weighted by Gasteiger charge is 2.15. The van der Waals surface area contributed by atoms with Gasteiger partial charge in [0.1, 0.15) is 0 Å². The minimum absolute atomic E-state index is 0.400. The lowest BCUT2D eigenvalue weighted by molar-refractivity contribution is 0.0876. The Bertz CT molecular complexity index is 314. The van der Waals surface area contributed by atoms with Crippen molar-refractivity contribution >= 4 is 17.3 Å². The first-order valence-corrected chi connectivity index (χ1v) is 5.74. The van der Waals surface area contributed by atoms with Gasteiger partial charge in [0.25, 0.3) is 0 Å². The van der Waals surface area contributed by atoms with E-state index in [0.29, 0.717) is 6.04 Å². The maximum atomic E-state index is 6.15. The van der Waals surface area contributed by atoms with Gasteiger partial charge in [0.15, 0.2) is 0 Å². The number of anilines is 1. The van der Waals surface area contributed by atoms with Crippen LogP contribution in [0.4, 0.5) is 5.69 Å². The van der Waals surface area contributed by atoms with Gasteiger partial charge in [-0.2, -0.15) is 0 Å². The van der Waals surface area contributed by atoms with Crippen molar-refractivity contribution in [2.45, 2.75) is 25.8 Å². The summed E-state index contributed by atoms with van der Waals surface area (Å²) in [7, 11) is 0. The molecular weight excluding hydrogens is 210 g/mol. The molecule has 0 radical (unpaired) electrons. The maximum absolute atomic E-state index is 6.15. The van der Waals surface area contributed by atoms with E-state index in [4.69, 9.17) is 16.3 Å². The zero-order valence-electron chi connectivity index (χ0n) is 8.92. The van der Waals surface area contributed by atoms with E-state index in [2.05, 4.69) is 18.3 Å². The first-order chi connectivity index (χ1) is 7.27. The van der Waals surface area contributed by atoms with E-state index in [1.807, 2.05) is 12.1 Å². The van der Waals surface area contributed by atoms with Crippen LogP contribution in [0.1, 0.15) is 18.4 Å². The second-order valence-corrected chi connectivity index (χ2v) is 4.40. The van der Waals surface area contributed by atoms with E-state index >= 15 is 0 Å². The molecule has 0 aromatic heterocycles. The third-order valence-corrected chi connectivity index (χ3v) is 3.05. The molecule has 1 saturated heterocycles. The molecule has 0 spiro atoms. The molecule has 1 N–H and O–H groups in total. The number of nitrogens with one attached hydrogen (secondary N) is 1. The summed E-state index contributed by atoms with van der Waals surface area (Å²) < 4.78 is 5.43. The molecule has 1 atom stereocenters. The molecular formula is C12H16ClNO. The largest absolute Gasteiger partial charge is 0.379 e. The van der Waals surface area contributed by atoms with Gasteiger partial charge in [0.2, 0.25) is 0 Å². The van der Waals surface area contributed by atoms with Crippen molar-refractivity contribution in [1.82, 2.24) is 0 Å². The summed E-state index contributed by atoms with van der Waals surface area (Å²) in [6, 6.07) is 6.36. The summed E-state index contributed by atoms with van der Waals surface area (Å²) in [6.45, 7) is 3.74. The third kappa shape index (κ3) is 2.64. The van der Waals surface area contributed by atoms with E-state index < -0.39 is 0 Å². The molecule has 1 fully saturated rings. The minimum Gasteiger partial charge on any atom is -0.379 e. The SMILES string of the molecule is Cc1cccc(Cl)c1NC1CCCOC1. The van der Waals surface area contributed by atoms with E-state index in [1.165, 1.54) is 5.56 Å². The fourth-order valence-electron chi connectivity index (χ4n) is 1.87. The topological polar surface area (TPSA) is 21.3 Å². The molecule has 0 amide bonds. The molecule has 0 bridgehead atoms. The Morgan fingerprint density at radius 3 is 3.00 bits per heavy atom. The standard InChI is InChI=1S/C12H16ClNO/c1-9-4-2-6-11(13)12(9)14-10-5-3-7-15-8-10/h2,4,6,10,14H,3,5,7-8H2,1H3. The Kier molecular flexibility index (Phi) is 3.49. The normalized spacial score (nSPS) is 21.3. The molecule has 1 heterocycles. The fraction of sp³-hybridized carbons (Fsp3) is 0.500. The van der Waals surface area contributed by atoms with Gasteiger partial charge in [-0.1, -0.05) is 23.7 Å². The number of benzene rings is 1. The number of hydrogen-bond donors (Lipinski definition) is 1. The highest BCUT2D eigenvalue weighted by Crippen LogP contribution is 2.27. The number of para-hydroxylation sites is 1. The zero-order valence-corrected chi connectivity index (χ0v) is 9.68. The van der Waals surface area contributed by atoms with Crippen LogP contribution >= 0.6 is 11.6 Å². The van der Waals surface area contributed by atoms with Gasteiger partial charge in [-0.25, -0.2) is 0 Å². The van der Waals surface area contributed by atoms with Gasteiger partial charge in [0, 0.05) is 12.6 Å². The molecule has 1 unspecified atom stereocenters. The predicted octanol–water partition coefficient (Wildman–Crippen LogP) is 3.24. The van der Waals surface area contributed by atoms with Crippen LogP contribution in [0.5, 0.6) is 0 Å². The molecule has 2 nitrogen and oxygen atoms in total. The van der Waals surface area contributed by atoms with E-state index in [9.17, 15) is 0 Å². The van der Waals surface area contributed by atoms with Gasteiger partial charge in [-0.3, -0.25) is 0 Å². The van der Waals surface area contributed by atoms with Crippen LogP contribution in [-0.2, 0) is 4.74 Å². The van der Waals surface area contributed by atoms with Crippen LogP contribution in [0.25, 0.3) is 0 Å². The first kappa shape index (κ1) is 10.8. The monoisotopic (exact) mass is 225 g/mol. The summed E-state index contributed by atoms with van der Waals surface area (Å²) in [5, 5.41) is 4.25. The van der Waals surface area contributed by atoms with Gasteiger partial charge in [-0.15, -0.1) is 0 Å². The molecule has 1 aliphatic rings. The fourth-order valence-corrected chi connectivity index (χ4v) is 2.15. The number of aryl methyl sites for hydroxylation is 1. The lowest BCUT2D eigenvalue weighted by Gasteiger charge is -2.25. The Morgan fingerprint density at radius 1 is 1.47 bits per heavy atom. The molecule has 1 aromatic carbocycles. The van der Waals surface area contributed by atoms with Crippen LogP contribution in [0, 0.1) is 6.92 Å². The molecule has 1 aliphatic heterocycles. The predicted molar refractivity (Wildman–Crippen MR) is 63.7 cm³/mol. The van der Waals surface area contributed by atoms with Crippen molar-refractivity contribution in [3.63, 3.8) is 0 Å². The second-order valence-electron chi connectivity index (χ2n) is 3.99. The molecule has 15 heavy (non-hydrogen) atoms. The minimum atomic E-state index is 0.400. The summed E-state index contributed by atoms with van der Waals surface area (Å²) in [6.07, 6.45) is 2.28. The first-order valence-electron chi connectivity index (χ1n) is 5.37. The van der Waals surface area contributed by atoms with Crippen LogP contribution in [-0.4, -0.2) is 19.3 Å². The molecule has 0 aliphatic carbocycles. The number of hydrogen-bond acceptors (Lipinski definition) is 2. The van der Waals surface area contributed by atoms with Gasteiger partial charge in [0.05, 0.1) is 17.3 Å². The second kappa shape index (κ2) is 4.86. The van der Waals surface area contributed by atoms with Crippen molar-refractivity contribution in [2.75, 3.05) is 18.5 Å². The average Bonchev–Trinajstić information content (AvgIpc) is 2.25. The van der Waals surface area contributed by atoms with Crippen molar-refractivity contribution in [2.24, 2.45) is 0 Å². The Morgan fingerprint density at radius 2 is 2.33 bits per heavy atom. The van der Waals surface area contributed by atoms with E-state index in [-0.39, 0.29) is 0 Å². The summed E-state index contributed by atoms with van der Waals surface area (Å²) in [4.78, 5) is 0. The van der Waals surface area contributed by atoms with Crippen molar-refractivity contribution < 1.29 is 4.74 Å². The Hall–Kier alpha value is -0.730. The van der Waals surface area contributed by atoms with Crippen molar-refractivity contribution in [3.8, 4) is 0 Å². The van der Waals surface area contributed by atoms with Crippen LogP contribution in [0.2, 0.25) is 5.02 Å². The Balaban J connectivity index is 2.09. The summed E-state index contributed by atoms with van der Waals surface area (Å²) in [5.74, 6) is 0. The molecule has 1 aromatic rings. The van der Waals surface area contributed by atoms with Crippen LogP contribution < -0.4 is 5.32 Å². The zero-order chi connectivity index (χ0) is 10.7. The highest BCUT2D eigenvalue weighted by molar-refractivity contribution is 6.33. The maximum Gasteiger partial charge on any atom is 0.0667 e. The highest BCUT2D eigenvalue weighted by atomic mass is 35.5. The molecule has 3 heteroatoms. The van der Waals surface area contributed by atoms with Gasteiger partial charge < -0.3 is 10.1 Å². The molecule has 2 rings (SSSR count). The lowest BCUT2D eigenvalue weighted by atomic mass is 10.1. The average molecular weight is 226 g/mol. The molecule has 0 saturated carbocycles. The number of ether oxygens (including phenoxy) is 1. The smallest absolute Gasteiger partial charge is 0.0667 e. The van der Waals surface area contributed by atoms with E-state index in [0.717, 1.165) is 36.8 Å².